The summed E-state index contributed by atoms with van der Waals surface area (Å²) in [7, 11) is 0. The number of aryl methyl sites for hydroxylation is 1. The van der Waals surface area contributed by atoms with Gasteiger partial charge in [0, 0.05) is 24.5 Å². The Morgan fingerprint density at radius 3 is 2.79 bits per heavy atom. The molecular weight excluding hydrogens is 240 g/mol. The molecule has 1 heterocycles. The highest BCUT2D eigenvalue weighted by atomic mass is 16.1. The molecule has 0 saturated heterocycles. The van der Waals surface area contributed by atoms with E-state index in [2.05, 4.69) is 20.6 Å². The minimum Gasteiger partial charge on any atom is -0.379 e. The molecule has 0 aliphatic heterocycles. The Labute approximate surface area is 112 Å². The summed E-state index contributed by atoms with van der Waals surface area (Å²) in [5.74, 6) is -0.0650. The Balaban J connectivity index is 2.02. The molecule has 2 aromatic rings. The van der Waals surface area contributed by atoms with Gasteiger partial charge in [-0.2, -0.15) is 0 Å². The number of carbonyl (C=O) groups excluding carboxylic acids is 1. The summed E-state index contributed by atoms with van der Waals surface area (Å²) < 4.78 is 0. The van der Waals surface area contributed by atoms with Crippen LogP contribution in [-0.4, -0.2) is 15.9 Å². The van der Waals surface area contributed by atoms with Crippen LogP contribution in [0, 0.1) is 6.92 Å². The number of rotatable bonds is 4. The summed E-state index contributed by atoms with van der Waals surface area (Å²) in [6.07, 6.45) is 3.25. The van der Waals surface area contributed by atoms with Gasteiger partial charge in [0.05, 0.1) is 12.2 Å². The van der Waals surface area contributed by atoms with Gasteiger partial charge in [0.15, 0.2) is 0 Å². The lowest BCUT2D eigenvalue weighted by Gasteiger charge is -2.10. The maximum absolute atomic E-state index is 11.0. The maximum atomic E-state index is 11.0. The van der Waals surface area contributed by atoms with Crippen LogP contribution in [-0.2, 0) is 11.3 Å². The highest BCUT2D eigenvalue weighted by molar-refractivity contribution is 5.89. The summed E-state index contributed by atoms with van der Waals surface area (Å²) in [5, 5.41) is 6.07. The van der Waals surface area contributed by atoms with Crippen molar-refractivity contribution < 1.29 is 4.79 Å². The highest BCUT2D eigenvalue weighted by Gasteiger charge is 2.02. The molecule has 0 spiro atoms. The van der Waals surface area contributed by atoms with Crippen molar-refractivity contribution in [1.29, 1.82) is 0 Å². The number of nitrogens with zero attached hydrogens (tertiary/aromatic N) is 2. The summed E-state index contributed by atoms with van der Waals surface area (Å²) in [6, 6.07) is 7.68. The van der Waals surface area contributed by atoms with Gasteiger partial charge in [-0.25, -0.2) is 9.97 Å². The first-order valence-electron chi connectivity index (χ1n) is 6.02. The van der Waals surface area contributed by atoms with Crippen LogP contribution in [0.25, 0.3) is 0 Å². The van der Waals surface area contributed by atoms with Gasteiger partial charge in [-0.1, -0.05) is 0 Å². The lowest BCUT2D eigenvalue weighted by atomic mass is 10.1. The lowest BCUT2D eigenvalue weighted by Crippen LogP contribution is -2.07. The molecule has 1 amide bonds. The van der Waals surface area contributed by atoms with E-state index < -0.39 is 0 Å². The molecule has 5 nitrogen and oxygen atoms in total. The molecule has 0 unspecified atom stereocenters. The predicted molar refractivity (Wildman–Crippen MR) is 74.8 cm³/mol. The van der Waals surface area contributed by atoms with E-state index in [-0.39, 0.29) is 5.91 Å². The average Bonchev–Trinajstić information content (AvgIpc) is 2.40. The SMILES string of the molecule is CC(=O)Nc1ccc(NCc2ccncn2)cc1C. The Hall–Kier alpha value is -2.43. The van der Waals surface area contributed by atoms with Crippen molar-refractivity contribution in [2.75, 3.05) is 10.6 Å². The minimum absolute atomic E-state index is 0.0650. The van der Waals surface area contributed by atoms with Crippen LogP contribution in [0.3, 0.4) is 0 Å². The molecule has 0 aliphatic carbocycles. The van der Waals surface area contributed by atoms with E-state index in [1.54, 1.807) is 6.20 Å². The van der Waals surface area contributed by atoms with Crippen LogP contribution in [0.15, 0.2) is 36.8 Å². The number of nitrogens with one attached hydrogen (secondary N) is 2. The smallest absolute Gasteiger partial charge is 0.221 e. The van der Waals surface area contributed by atoms with Crippen molar-refractivity contribution >= 4 is 17.3 Å². The van der Waals surface area contributed by atoms with Crippen LogP contribution in [0.5, 0.6) is 0 Å². The largest absolute Gasteiger partial charge is 0.379 e. The van der Waals surface area contributed by atoms with Gasteiger partial charge >= 0.3 is 0 Å². The van der Waals surface area contributed by atoms with E-state index in [9.17, 15) is 4.79 Å². The van der Waals surface area contributed by atoms with E-state index >= 15 is 0 Å². The molecule has 0 saturated carbocycles. The number of carbonyl (C=O) groups is 1. The van der Waals surface area contributed by atoms with Crippen molar-refractivity contribution in [2.45, 2.75) is 20.4 Å². The average molecular weight is 256 g/mol. The molecule has 2 rings (SSSR count). The second-order valence-corrected chi connectivity index (χ2v) is 4.27. The number of amides is 1. The standard InChI is InChI=1S/C14H16N4O/c1-10-7-12(3-4-14(10)18-11(2)19)16-8-13-5-6-15-9-17-13/h3-7,9,16H,8H2,1-2H3,(H,18,19). The van der Waals surface area contributed by atoms with Crippen molar-refractivity contribution in [1.82, 2.24) is 9.97 Å². The molecule has 98 valence electrons. The van der Waals surface area contributed by atoms with E-state index in [0.29, 0.717) is 6.54 Å². The zero-order chi connectivity index (χ0) is 13.7. The van der Waals surface area contributed by atoms with Gasteiger partial charge in [0.2, 0.25) is 5.91 Å². The fraction of sp³-hybridized carbons (Fsp3) is 0.214. The lowest BCUT2D eigenvalue weighted by molar-refractivity contribution is -0.114. The molecular formula is C14H16N4O. The van der Waals surface area contributed by atoms with E-state index in [4.69, 9.17) is 0 Å². The van der Waals surface area contributed by atoms with Gasteiger partial charge in [-0.3, -0.25) is 4.79 Å². The van der Waals surface area contributed by atoms with Gasteiger partial charge in [0.1, 0.15) is 6.33 Å². The first-order chi connectivity index (χ1) is 9.15. The van der Waals surface area contributed by atoms with Crippen molar-refractivity contribution in [3.8, 4) is 0 Å². The van der Waals surface area contributed by atoms with Crippen LogP contribution >= 0.6 is 0 Å². The van der Waals surface area contributed by atoms with Crippen molar-refractivity contribution in [3.05, 3.63) is 48.0 Å². The number of aromatic nitrogens is 2. The van der Waals surface area contributed by atoms with Gasteiger partial charge in [-0.15, -0.1) is 0 Å². The normalized spacial score (nSPS) is 10.0. The first-order valence-corrected chi connectivity index (χ1v) is 6.02. The Morgan fingerprint density at radius 1 is 1.32 bits per heavy atom. The second kappa shape index (κ2) is 5.95. The van der Waals surface area contributed by atoms with Crippen LogP contribution in [0.1, 0.15) is 18.2 Å². The summed E-state index contributed by atoms with van der Waals surface area (Å²) in [4.78, 5) is 19.0. The quantitative estimate of drug-likeness (QED) is 0.881. The van der Waals surface area contributed by atoms with Crippen molar-refractivity contribution in [2.24, 2.45) is 0 Å². The second-order valence-electron chi connectivity index (χ2n) is 4.27. The molecule has 0 fully saturated rings. The third-order valence-electron chi connectivity index (χ3n) is 2.65. The number of hydrogen-bond acceptors (Lipinski definition) is 4. The number of hydrogen-bond donors (Lipinski definition) is 2. The third-order valence-corrected chi connectivity index (χ3v) is 2.65. The van der Waals surface area contributed by atoms with Crippen molar-refractivity contribution in [3.63, 3.8) is 0 Å². The first kappa shape index (κ1) is 13.0. The summed E-state index contributed by atoms with van der Waals surface area (Å²) in [5.41, 5.74) is 3.77. The molecule has 1 aromatic heterocycles. The number of anilines is 2. The Morgan fingerprint density at radius 2 is 2.16 bits per heavy atom. The molecule has 0 bridgehead atoms. The maximum Gasteiger partial charge on any atom is 0.221 e. The molecule has 1 aromatic carbocycles. The van der Waals surface area contributed by atoms with Gasteiger partial charge in [0.25, 0.3) is 0 Å². The van der Waals surface area contributed by atoms with Gasteiger partial charge < -0.3 is 10.6 Å². The molecule has 0 radical (unpaired) electrons. The molecule has 5 heteroatoms. The number of benzene rings is 1. The van der Waals surface area contributed by atoms with Gasteiger partial charge in [-0.05, 0) is 36.8 Å². The minimum atomic E-state index is -0.0650. The monoisotopic (exact) mass is 256 g/mol. The van der Waals surface area contributed by atoms with E-state index in [0.717, 1.165) is 22.6 Å². The van der Waals surface area contributed by atoms with Crippen LogP contribution in [0.4, 0.5) is 11.4 Å². The van der Waals surface area contributed by atoms with Crippen LogP contribution < -0.4 is 10.6 Å². The molecule has 19 heavy (non-hydrogen) atoms. The fourth-order valence-electron chi connectivity index (χ4n) is 1.72. The topological polar surface area (TPSA) is 66.9 Å². The Bertz CT molecular complexity index is 569. The summed E-state index contributed by atoms with van der Waals surface area (Å²) in [6.45, 7) is 4.10. The zero-order valence-electron chi connectivity index (χ0n) is 11.0. The zero-order valence-corrected chi connectivity index (χ0v) is 11.0. The van der Waals surface area contributed by atoms with Crippen LogP contribution in [0.2, 0.25) is 0 Å². The molecule has 2 N–H and O–H groups in total. The highest BCUT2D eigenvalue weighted by Crippen LogP contribution is 2.19. The predicted octanol–water partition coefficient (Wildman–Crippen LogP) is 2.36. The molecule has 0 aliphatic rings. The molecule has 0 atom stereocenters. The Kier molecular flexibility index (Phi) is 4.07. The fourth-order valence-corrected chi connectivity index (χ4v) is 1.72. The third kappa shape index (κ3) is 3.77. The summed E-state index contributed by atoms with van der Waals surface area (Å²) >= 11 is 0. The van der Waals surface area contributed by atoms with E-state index in [1.165, 1.54) is 13.3 Å². The van der Waals surface area contributed by atoms with E-state index in [1.807, 2.05) is 31.2 Å².